The molecule has 0 atom stereocenters. The Hall–Kier alpha value is -1.18. The molecular weight excluding hydrogens is 340 g/mol. The fraction of sp³-hybridized carbons (Fsp3) is 0.385. The van der Waals surface area contributed by atoms with E-state index in [-0.39, 0.29) is 6.61 Å². The number of rotatable bonds is 3. The highest BCUT2D eigenvalue weighted by atomic mass is 79.9. The molecule has 1 fully saturated rings. The van der Waals surface area contributed by atoms with Crippen molar-refractivity contribution in [1.82, 2.24) is 9.97 Å². The Balaban J connectivity index is 1.72. The third-order valence-electron chi connectivity index (χ3n) is 3.35. The maximum Gasteiger partial charge on any atom is 0.185 e. The molecule has 5 nitrogen and oxygen atoms in total. The number of thiazole rings is 1. The van der Waals surface area contributed by atoms with Crippen molar-refractivity contribution >= 4 is 38.2 Å². The first kappa shape index (κ1) is 13.8. The monoisotopic (exact) mass is 354 g/mol. The molecule has 3 heterocycles. The minimum atomic E-state index is 0.00840. The standard InChI is InChI=1S/C13H15BrN4OS/c14-11-7-10(9-19)12(16-8-11)17-2-4-18(5-3-17)13-15-1-6-20-13/h1,6-8,19H,2-5,9H2. The van der Waals surface area contributed by atoms with Gasteiger partial charge in [0.05, 0.1) is 6.61 Å². The summed E-state index contributed by atoms with van der Waals surface area (Å²) in [5, 5.41) is 12.6. The Morgan fingerprint density at radius 1 is 1.20 bits per heavy atom. The summed E-state index contributed by atoms with van der Waals surface area (Å²) in [7, 11) is 0. The summed E-state index contributed by atoms with van der Waals surface area (Å²) in [5.74, 6) is 0.884. The van der Waals surface area contributed by atoms with Crippen molar-refractivity contribution in [2.45, 2.75) is 6.61 Å². The van der Waals surface area contributed by atoms with Crippen molar-refractivity contribution in [3.05, 3.63) is 33.9 Å². The van der Waals surface area contributed by atoms with Gasteiger partial charge in [-0.3, -0.25) is 0 Å². The number of piperazine rings is 1. The topological polar surface area (TPSA) is 52.5 Å². The SMILES string of the molecule is OCc1cc(Br)cnc1N1CCN(c2nccs2)CC1. The molecular formula is C13H15BrN4OS. The highest BCUT2D eigenvalue weighted by Gasteiger charge is 2.21. The Bertz CT molecular complexity index is 570. The van der Waals surface area contributed by atoms with E-state index in [4.69, 9.17) is 0 Å². The van der Waals surface area contributed by atoms with Gasteiger partial charge in [0, 0.05) is 54.0 Å². The van der Waals surface area contributed by atoms with Crippen LogP contribution in [0.3, 0.4) is 0 Å². The van der Waals surface area contributed by atoms with Gasteiger partial charge in [0.1, 0.15) is 5.82 Å². The Morgan fingerprint density at radius 3 is 2.60 bits per heavy atom. The molecule has 0 spiro atoms. The predicted molar refractivity (Wildman–Crippen MR) is 84.4 cm³/mol. The van der Waals surface area contributed by atoms with E-state index in [1.54, 1.807) is 17.5 Å². The number of nitrogens with zero attached hydrogens (tertiary/aromatic N) is 4. The summed E-state index contributed by atoms with van der Waals surface area (Å²) in [4.78, 5) is 13.3. The molecule has 0 aliphatic carbocycles. The minimum absolute atomic E-state index is 0.00840. The van der Waals surface area contributed by atoms with Gasteiger partial charge in [-0.05, 0) is 22.0 Å². The molecule has 0 unspecified atom stereocenters. The van der Waals surface area contributed by atoms with Crippen LogP contribution in [0.1, 0.15) is 5.56 Å². The number of halogens is 1. The molecule has 1 aliphatic rings. The lowest BCUT2D eigenvalue weighted by Crippen LogP contribution is -2.47. The number of anilines is 2. The van der Waals surface area contributed by atoms with Gasteiger partial charge in [-0.25, -0.2) is 9.97 Å². The molecule has 0 bridgehead atoms. The predicted octanol–water partition coefficient (Wildman–Crippen LogP) is 2.12. The molecule has 20 heavy (non-hydrogen) atoms. The second-order valence-electron chi connectivity index (χ2n) is 4.58. The second-order valence-corrected chi connectivity index (χ2v) is 6.37. The average Bonchev–Trinajstić information content (AvgIpc) is 3.01. The fourth-order valence-corrected chi connectivity index (χ4v) is 3.43. The molecule has 2 aromatic rings. The van der Waals surface area contributed by atoms with Crippen molar-refractivity contribution < 1.29 is 5.11 Å². The lowest BCUT2D eigenvalue weighted by atomic mass is 10.2. The van der Waals surface area contributed by atoms with E-state index in [2.05, 4.69) is 35.7 Å². The van der Waals surface area contributed by atoms with E-state index >= 15 is 0 Å². The largest absolute Gasteiger partial charge is 0.392 e. The molecule has 1 saturated heterocycles. The molecule has 106 valence electrons. The zero-order valence-corrected chi connectivity index (χ0v) is 13.3. The van der Waals surface area contributed by atoms with Gasteiger partial charge >= 0.3 is 0 Å². The maximum atomic E-state index is 9.47. The molecule has 0 amide bonds. The molecule has 3 rings (SSSR count). The summed E-state index contributed by atoms with van der Waals surface area (Å²) >= 11 is 5.06. The van der Waals surface area contributed by atoms with Gasteiger partial charge in [-0.1, -0.05) is 0 Å². The number of hydrogen-bond donors (Lipinski definition) is 1. The van der Waals surface area contributed by atoms with Crippen LogP contribution < -0.4 is 9.80 Å². The van der Waals surface area contributed by atoms with Crippen molar-refractivity contribution in [3.8, 4) is 0 Å². The zero-order valence-electron chi connectivity index (χ0n) is 10.9. The lowest BCUT2D eigenvalue weighted by Gasteiger charge is -2.36. The minimum Gasteiger partial charge on any atom is -0.392 e. The van der Waals surface area contributed by atoms with Gasteiger partial charge in [-0.2, -0.15) is 0 Å². The lowest BCUT2D eigenvalue weighted by molar-refractivity contribution is 0.281. The number of pyridine rings is 1. The summed E-state index contributed by atoms with van der Waals surface area (Å²) in [6, 6.07) is 1.93. The molecule has 0 radical (unpaired) electrons. The van der Waals surface area contributed by atoms with Crippen molar-refractivity contribution in [3.63, 3.8) is 0 Å². The Kier molecular flexibility index (Phi) is 4.18. The number of aliphatic hydroxyl groups is 1. The van der Waals surface area contributed by atoms with Crippen LogP contribution in [0.25, 0.3) is 0 Å². The Labute approximate surface area is 130 Å². The average molecular weight is 355 g/mol. The van der Waals surface area contributed by atoms with Crippen molar-refractivity contribution in [2.24, 2.45) is 0 Å². The van der Waals surface area contributed by atoms with E-state index < -0.39 is 0 Å². The first-order valence-corrected chi connectivity index (χ1v) is 8.10. The van der Waals surface area contributed by atoms with Crippen LogP contribution in [-0.2, 0) is 6.61 Å². The zero-order chi connectivity index (χ0) is 13.9. The molecule has 7 heteroatoms. The summed E-state index contributed by atoms with van der Waals surface area (Å²) in [5.41, 5.74) is 0.863. The first-order valence-electron chi connectivity index (χ1n) is 6.42. The van der Waals surface area contributed by atoms with E-state index in [0.29, 0.717) is 0 Å². The van der Waals surface area contributed by atoms with Gasteiger partial charge in [-0.15, -0.1) is 11.3 Å². The van der Waals surface area contributed by atoms with E-state index in [1.165, 1.54) is 0 Å². The van der Waals surface area contributed by atoms with Crippen LogP contribution in [0.5, 0.6) is 0 Å². The highest BCUT2D eigenvalue weighted by molar-refractivity contribution is 9.10. The van der Waals surface area contributed by atoms with Crippen LogP contribution in [0.15, 0.2) is 28.3 Å². The summed E-state index contributed by atoms with van der Waals surface area (Å²) < 4.78 is 0.895. The van der Waals surface area contributed by atoms with Gasteiger partial charge in [0.2, 0.25) is 0 Å². The van der Waals surface area contributed by atoms with Crippen LogP contribution in [-0.4, -0.2) is 41.3 Å². The summed E-state index contributed by atoms with van der Waals surface area (Å²) in [6.07, 6.45) is 3.62. The third kappa shape index (κ3) is 2.79. The van der Waals surface area contributed by atoms with Crippen molar-refractivity contribution in [2.75, 3.05) is 36.0 Å². The number of aromatic nitrogens is 2. The molecule has 0 aromatic carbocycles. The highest BCUT2D eigenvalue weighted by Crippen LogP contribution is 2.25. The van der Waals surface area contributed by atoms with Crippen LogP contribution in [0, 0.1) is 0 Å². The normalized spacial score (nSPS) is 15.7. The van der Waals surface area contributed by atoms with Gasteiger partial charge < -0.3 is 14.9 Å². The molecule has 0 saturated carbocycles. The smallest absolute Gasteiger partial charge is 0.185 e. The Morgan fingerprint density at radius 2 is 1.95 bits per heavy atom. The molecule has 2 aromatic heterocycles. The van der Waals surface area contributed by atoms with Gasteiger partial charge in [0.25, 0.3) is 0 Å². The molecule has 1 aliphatic heterocycles. The quantitative estimate of drug-likeness (QED) is 0.914. The fourth-order valence-electron chi connectivity index (χ4n) is 2.36. The van der Waals surface area contributed by atoms with Gasteiger partial charge in [0.15, 0.2) is 5.13 Å². The van der Waals surface area contributed by atoms with E-state index in [9.17, 15) is 5.11 Å². The van der Waals surface area contributed by atoms with Crippen LogP contribution in [0.4, 0.5) is 10.9 Å². The third-order valence-corrected chi connectivity index (χ3v) is 4.61. The van der Waals surface area contributed by atoms with E-state index in [0.717, 1.165) is 47.2 Å². The van der Waals surface area contributed by atoms with Crippen LogP contribution >= 0.6 is 27.3 Å². The van der Waals surface area contributed by atoms with Crippen LogP contribution in [0.2, 0.25) is 0 Å². The first-order chi connectivity index (χ1) is 9.78. The molecule has 1 N–H and O–H groups in total. The number of aliphatic hydroxyl groups excluding tert-OH is 1. The summed E-state index contributed by atoms with van der Waals surface area (Å²) in [6.45, 7) is 3.64. The second kappa shape index (κ2) is 6.07. The van der Waals surface area contributed by atoms with Crippen molar-refractivity contribution in [1.29, 1.82) is 0 Å². The maximum absolute atomic E-state index is 9.47. The van der Waals surface area contributed by atoms with E-state index in [1.807, 2.05) is 17.6 Å². The number of hydrogen-bond acceptors (Lipinski definition) is 6.